The molecule has 0 radical (unpaired) electrons. The highest BCUT2D eigenvalue weighted by Gasteiger charge is 2.22. The van der Waals surface area contributed by atoms with Gasteiger partial charge in [-0.3, -0.25) is 9.36 Å². The molecule has 1 heterocycles. The Labute approximate surface area is 193 Å². The highest BCUT2D eigenvalue weighted by atomic mass is 35.5. The van der Waals surface area contributed by atoms with Crippen LogP contribution >= 0.6 is 23.4 Å². The van der Waals surface area contributed by atoms with E-state index in [1.54, 1.807) is 11.8 Å². The molecule has 1 N–H and O–H groups in total. The molecule has 0 bridgehead atoms. The average Bonchev–Trinajstić information content (AvgIpc) is 3.11. The summed E-state index contributed by atoms with van der Waals surface area (Å²) in [6, 6.07) is 13.9. The second-order valence-electron chi connectivity index (χ2n) is 8.27. The number of carbonyl (C=O) groups is 1. The fraction of sp³-hybridized carbons (Fsp3) is 0.375. The van der Waals surface area contributed by atoms with Gasteiger partial charge in [-0.2, -0.15) is 0 Å². The Hall–Kier alpha value is -2.31. The number of thioether (sulfide) groups is 1. The SMILES string of the molecule is Cc1cccc(CSc2nnc(C(C)NC(=O)CC(C)C)n2-c2cc(Cl)ccc2C)c1. The fourth-order valence-corrected chi connectivity index (χ4v) is 4.45. The van der Waals surface area contributed by atoms with E-state index in [1.807, 2.05) is 50.5 Å². The van der Waals surface area contributed by atoms with Crippen LogP contribution in [0.2, 0.25) is 5.02 Å². The lowest BCUT2D eigenvalue weighted by atomic mass is 10.1. The third-order valence-corrected chi connectivity index (χ3v) is 6.11. The first-order valence-electron chi connectivity index (χ1n) is 10.4. The number of halogens is 1. The van der Waals surface area contributed by atoms with Crippen molar-refractivity contribution in [1.29, 1.82) is 0 Å². The first kappa shape index (κ1) is 23.4. The van der Waals surface area contributed by atoms with E-state index in [0.717, 1.165) is 22.2 Å². The predicted molar refractivity (Wildman–Crippen MR) is 128 cm³/mol. The molecular weight excluding hydrogens is 428 g/mol. The molecule has 1 atom stereocenters. The number of carbonyl (C=O) groups excluding carboxylic acids is 1. The lowest BCUT2D eigenvalue weighted by molar-refractivity contribution is -0.122. The van der Waals surface area contributed by atoms with Crippen molar-refractivity contribution < 1.29 is 4.79 Å². The van der Waals surface area contributed by atoms with Crippen molar-refractivity contribution in [2.24, 2.45) is 5.92 Å². The Kier molecular flexibility index (Phi) is 7.79. The van der Waals surface area contributed by atoms with Gasteiger partial charge >= 0.3 is 0 Å². The lowest BCUT2D eigenvalue weighted by Crippen LogP contribution is -2.29. The van der Waals surface area contributed by atoms with E-state index in [4.69, 9.17) is 11.6 Å². The number of nitrogens with zero attached hydrogens (tertiary/aromatic N) is 3. The molecule has 0 aliphatic heterocycles. The van der Waals surface area contributed by atoms with E-state index in [0.29, 0.717) is 23.2 Å². The van der Waals surface area contributed by atoms with Gasteiger partial charge in [0.05, 0.1) is 11.7 Å². The Morgan fingerprint density at radius 2 is 1.90 bits per heavy atom. The summed E-state index contributed by atoms with van der Waals surface area (Å²) in [6.07, 6.45) is 0.476. The second kappa shape index (κ2) is 10.3. The molecule has 3 aromatic rings. The molecule has 1 unspecified atom stereocenters. The smallest absolute Gasteiger partial charge is 0.220 e. The highest BCUT2D eigenvalue weighted by molar-refractivity contribution is 7.98. The first-order valence-corrected chi connectivity index (χ1v) is 11.8. The van der Waals surface area contributed by atoms with E-state index < -0.39 is 0 Å². The van der Waals surface area contributed by atoms with Crippen LogP contribution in [0.15, 0.2) is 47.6 Å². The fourth-order valence-electron chi connectivity index (χ4n) is 3.39. The van der Waals surface area contributed by atoms with Gasteiger partial charge < -0.3 is 5.32 Å². The van der Waals surface area contributed by atoms with Crippen LogP contribution in [-0.4, -0.2) is 20.7 Å². The normalized spacial score (nSPS) is 12.2. The summed E-state index contributed by atoms with van der Waals surface area (Å²) in [5.41, 5.74) is 4.43. The van der Waals surface area contributed by atoms with Crippen molar-refractivity contribution in [1.82, 2.24) is 20.1 Å². The number of nitrogens with one attached hydrogen (secondary N) is 1. The highest BCUT2D eigenvalue weighted by Crippen LogP contribution is 2.30. The molecule has 7 heteroatoms. The van der Waals surface area contributed by atoms with E-state index >= 15 is 0 Å². The summed E-state index contributed by atoms with van der Waals surface area (Å²) in [5.74, 6) is 1.76. The molecule has 1 aromatic heterocycles. The monoisotopic (exact) mass is 456 g/mol. The third-order valence-electron chi connectivity index (χ3n) is 4.88. The van der Waals surface area contributed by atoms with Gasteiger partial charge in [0, 0.05) is 17.2 Å². The minimum absolute atomic E-state index is 0.00818. The first-order chi connectivity index (χ1) is 14.7. The summed E-state index contributed by atoms with van der Waals surface area (Å²) in [7, 11) is 0. The molecule has 0 aliphatic rings. The summed E-state index contributed by atoms with van der Waals surface area (Å²) in [5, 5.41) is 13.4. The van der Waals surface area contributed by atoms with Gasteiger partial charge in [-0.05, 0) is 49.9 Å². The van der Waals surface area contributed by atoms with Crippen LogP contribution < -0.4 is 5.32 Å². The van der Waals surface area contributed by atoms with Crippen molar-refractivity contribution in [3.8, 4) is 5.69 Å². The average molecular weight is 457 g/mol. The largest absolute Gasteiger partial charge is 0.346 e. The standard InChI is InChI=1S/C24H29ClN4OS/c1-15(2)11-22(30)26-18(5)23-27-28-24(31-14-19-8-6-7-16(3)12-19)29(23)21-13-20(25)10-9-17(21)4/h6-10,12-13,15,18H,11,14H2,1-5H3,(H,26,30). The van der Waals surface area contributed by atoms with Crippen LogP contribution in [0.25, 0.3) is 5.69 Å². The summed E-state index contributed by atoms with van der Waals surface area (Å²) >= 11 is 7.94. The van der Waals surface area contributed by atoms with Crippen molar-refractivity contribution in [3.05, 3.63) is 70.0 Å². The number of rotatable bonds is 8. The van der Waals surface area contributed by atoms with Crippen LogP contribution in [0.1, 0.15) is 55.7 Å². The van der Waals surface area contributed by atoms with Crippen molar-refractivity contribution in [2.75, 3.05) is 0 Å². The molecule has 3 rings (SSSR count). The maximum absolute atomic E-state index is 12.4. The molecule has 1 amide bonds. The quantitative estimate of drug-likeness (QED) is 0.419. The number of amides is 1. The minimum atomic E-state index is -0.287. The minimum Gasteiger partial charge on any atom is -0.346 e. The molecule has 2 aromatic carbocycles. The molecule has 164 valence electrons. The number of benzene rings is 2. The van der Waals surface area contributed by atoms with E-state index in [2.05, 4.69) is 46.7 Å². The van der Waals surface area contributed by atoms with Crippen molar-refractivity contribution in [3.63, 3.8) is 0 Å². The zero-order chi connectivity index (χ0) is 22.5. The molecule has 5 nitrogen and oxygen atoms in total. The molecule has 0 saturated carbocycles. The molecule has 0 fully saturated rings. The molecule has 0 saturated heterocycles. The molecule has 31 heavy (non-hydrogen) atoms. The predicted octanol–water partition coefficient (Wildman–Crippen LogP) is 6.05. The van der Waals surface area contributed by atoms with E-state index in [9.17, 15) is 4.79 Å². The van der Waals surface area contributed by atoms with Crippen molar-refractivity contribution >= 4 is 29.3 Å². The lowest BCUT2D eigenvalue weighted by Gasteiger charge is -2.18. The summed E-state index contributed by atoms with van der Waals surface area (Å²) < 4.78 is 2.02. The van der Waals surface area contributed by atoms with Crippen LogP contribution in [-0.2, 0) is 10.5 Å². The summed E-state index contributed by atoms with van der Waals surface area (Å²) in [6.45, 7) is 10.1. The summed E-state index contributed by atoms with van der Waals surface area (Å²) in [4.78, 5) is 12.4. The van der Waals surface area contributed by atoms with E-state index in [-0.39, 0.29) is 11.9 Å². The van der Waals surface area contributed by atoms with Crippen LogP contribution in [0.5, 0.6) is 0 Å². The number of aromatic nitrogens is 3. The van der Waals surface area contributed by atoms with Gasteiger partial charge in [0.25, 0.3) is 0 Å². The van der Waals surface area contributed by atoms with Gasteiger partial charge in [0.15, 0.2) is 11.0 Å². The maximum Gasteiger partial charge on any atom is 0.220 e. The van der Waals surface area contributed by atoms with Crippen LogP contribution in [0.4, 0.5) is 0 Å². The van der Waals surface area contributed by atoms with Gasteiger partial charge in [0.1, 0.15) is 0 Å². The Bertz CT molecular complexity index is 1060. The maximum atomic E-state index is 12.4. The zero-order valence-corrected chi connectivity index (χ0v) is 20.2. The van der Waals surface area contributed by atoms with Crippen LogP contribution in [0.3, 0.4) is 0 Å². The number of hydrogen-bond acceptors (Lipinski definition) is 4. The molecule has 0 spiro atoms. The number of aryl methyl sites for hydroxylation is 2. The van der Waals surface area contributed by atoms with Crippen molar-refractivity contribution in [2.45, 2.75) is 58.0 Å². The Morgan fingerprint density at radius 1 is 1.13 bits per heavy atom. The second-order valence-corrected chi connectivity index (χ2v) is 9.65. The van der Waals surface area contributed by atoms with E-state index in [1.165, 1.54) is 11.1 Å². The Morgan fingerprint density at radius 3 is 2.61 bits per heavy atom. The van der Waals surface area contributed by atoms with Gasteiger partial charge in [-0.15, -0.1) is 10.2 Å². The van der Waals surface area contributed by atoms with Crippen LogP contribution in [0, 0.1) is 19.8 Å². The van der Waals surface area contributed by atoms with Gasteiger partial charge in [-0.25, -0.2) is 0 Å². The zero-order valence-electron chi connectivity index (χ0n) is 18.6. The number of hydrogen-bond donors (Lipinski definition) is 1. The Balaban J connectivity index is 1.95. The molecule has 0 aliphatic carbocycles. The topological polar surface area (TPSA) is 59.8 Å². The van der Waals surface area contributed by atoms with Gasteiger partial charge in [0.2, 0.25) is 5.91 Å². The van der Waals surface area contributed by atoms with Gasteiger partial charge in [-0.1, -0.05) is 73.1 Å². The third kappa shape index (κ3) is 6.11. The molecular formula is C24H29ClN4OS.